The van der Waals surface area contributed by atoms with E-state index in [0.29, 0.717) is 36.1 Å². The molecule has 0 N–H and O–H groups in total. The molecular weight excluding hydrogens is 717 g/mol. The largest absolute Gasteiger partial charge is 0.756 e. The van der Waals surface area contributed by atoms with Gasteiger partial charge in [-0.15, -0.1) is 0 Å². The number of epoxide rings is 1. The molecule has 0 aliphatic carbocycles. The number of likely N-dealkylation sites (N-methyl/N-ethyl adjacent to an activating group) is 1. The lowest BCUT2D eigenvalue weighted by molar-refractivity contribution is -0.870. The molecule has 1 aliphatic rings. The minimum Gasteiger partial charge on any atom is -0.756 e. The number of quaternary nitrogens is 1. The molecule has 1 aliphatic heterocycles. The lowest BCUT2D eigenvalue weighted by Crippen LogP contribution is -2.37. The topological polar surface area (TPSA) is 124 Å². The van der Waals surface area contributed by atoms with Gasteiger partial charge in [-0.05, 0) is 77.0 Å². The molecule has 1 fully saturated rings. The summed E-state index contributed by atoms with van der Waals surface area (Å²) >= 11 is 0. The van der Waals surface area contributed by atoms with Gasteiger partial charge in [0, 0.05) is 12.8 Å². The molecule has 1 rings (SSSR count). The number of allylic oxidation sites excluding steroid dienone is 7. The van der Waals surface area contributed by atoms with E-state index >= 15 is 0 Å². The Bertz CT molecular complexity index is 1150. The highest BCUT2D eigenvalue weighted by molar-refractivity contribution is 7.45. The minimum absolute atomic E-state index is 0.0439. The van der Waals surface area contributed by atoms with Crippen molar-refractivity contribution in [2.45, 2.75) is 173 Å². The quantitative estimate of drug-likeness (QED) is 0.0151. The van der Waals surface area contributed by atoms with E-state index in [1.54, 1.807) is 0 Å². The zero-order chi connectivity index (χ0) is 40.5. The minimum atomic E-state index is -4.64. The number of hydrogen-bond donors (Lipinski definition) is 0. The van der Waals surface area contributed by atoms with E-state index < -0.39 is 32.5 Å². The molecule has 318 valence electrons. The molecule has 0 saturated carbocycles. The number of phosphoric acid groups is 1. The van der Waals surface area contributed by atoms with Crippen molar-refractivity contribution in [1.29, 1.82) is 0 Å². The second kappa shape index (κ2) is 33.0. The Morgan fingerprint density at radius 1 is 0.673 bits per heavy atom. The van der Waals surface area contributed by atoms with Gasteiger partial charge in [-0.2, -0.15) is 0 Å². The zero-order valence-corrected chi connectivity index (χ0v) is 36.2. The molecule has 0 spiro atoms. The highest BCUT2D eigenvalue weighted by atomic mass is 31.2. The highest BCUT2D eigenvalue weighted by Crippen LogP contribution is 2.38. The predicted molar refractivity (Wildman–Crippen MR) is 221 cm³/mol. The molecule has 4 atom stereocenters. The van der Waals surface area contributed by atoms with Crippen molar-refractivity contribution in [3.8, 4) is 0 Å². The number of esters is 2. The second-order valence-corrected chi connectivity index (χ2v) is 17.1. The molecule has 0 aromatic rings. The second-order valence-electron chi connectivity index (χ2n) is 15.7. The summed E-state index contributed by atoms with van der Waals surface area (Å²) in [6.45, 7) is 4.08. The number of carbonyl (C=O) groups is 2. The lowest BCUT2D eigenvalue weighted by atomic mass is 10.1. The zero-order valence-electron chi connectivity index (χ0n) is 35.3. The van der Waals surface area contributed by atoms with Crippen LogP contribution in [0.3, 0.4) is 0 Å². The van der Waals surface area contributed by atoms with Crippen molar-refractivity contribution in [3.63, 3.8) is 0 Å². The van der Waals surface area contributed by atoms with Gasteiger partial charge in [0.05, 0.1) is 40.0 Å². The third-order valence-corrected chi connectivity index (χ3v) is 10.2. The van der Waals surface area contributed by atoms with Crippen molar-refractivity contribution in [2.75, 3.05) is 47.5 Å². The summed E-state index contributed by atoms with van der Waals surface area (Å²) in [5.41, 5.74) is 0. The van der Waals surface area contributed by atoms with Crippen molar-refractivity contribution in [1.82, 2.24) is 0 Å². The Morgan fingerprint density at radius 3 is 1.89 bits per heavy atom. The van der Waals surface area contributed by atoms with Gasteiger partial charge in [0.25, 0.3) is 7.82 Å². The van der Waals surface area contributed by atoms with Crippen molar-refractivity contribution >= 4 is 19.8 Å². The summed E-state index contributed by atoms with van der Waals surface area (Å²) in [5.74, 6) is -0.905. The summed E-state index contributed by atoms with van der Waals surface area (Å²) in [5, 5.41) is 0. The molecule has 0 aromatic heterocycles. The Kier molecular flexibility index (Phi) is 30.5. The van der Waals surface area contributed by atoms with Crippen LogP contribution in [-0.2, 0) is 37.4 Å². The number of hydrogen-bond acceptors (Lipinski definition) is 9. The molecule has 55 heavy (non-hydrogen) atoms. The average molecular weight is 796 g/mol. The molecule has 0 bridgehead atoms. The third-order valence-electron chi connectivity index (χ3n) is 9.25. The van der Waals surface area contributed by atoms with Crippen LogP contribution in [0.5, 0.6) is 0 Å². The van der Waals surface area contributed by atoms with Gasteiger partial charge >= 0.3 is 11.9 Å². The van der Waals surface area contributed by atoms with Gasteiger partial charge in [0.2, 0.25) is 0 Å². The first kappa shape index (κ1) is 50.9. The highest BCUT2D eigenvalue weighted by Gasteiger charge is 2.36. The number of unbranched alkanes of at least 4 members (excludes halogenated alkanes) is 12. The van der Waals surface area contributed by atoms with Crippen LogP contribution in [0.1, 0.15) is 155 Å². The van der Waals surface area contributed by atoms with E-state index in [0.717, 1.165) is 70.6 Å². The number of phosphoric ester groups is 1. The smallest absolute Gasteiger partial charge is 0.306 e. The van der Waals surface area contributed by atoms with Crippen LogP contribution >= 0.6 is 7.82 Å². The van der Waals surface area contributed by atoms with Gasteiger partial charge < -0.3 is 32.6 Å². The molecule has 11 heteroatoms. The normalized spacial score (nSPS) is 17.8. The van der Waals surface area contributed by atoms with E-state index in [4.69, 9.17) is 23.3 Å². The average Bonchev–Trinajstić information content (AvgIpc) is 3.89. The molecule has 0 aromatic carbocycles. The van der Waals surface area contributed by atoms with Crippen LogP contribution in [0.4, 0.5) is 0 Å². The predicted octanol–water partition coefficient (Wildman–Crippen LogP) is 10.3. The van der Waals surface area contributed by atoms with Crippen LogP contribution in [0.25, 0.3) is 0 Å². The van der Waals surface area contributed by atoms with E-state index in [1.165, 1.54) is 44.9 Å². The molecule has 10 nitrogen and oxygen atoms in total. The SMILES string of the molecule is CCCCC/C=C\C/C=C\C/C=C\CCCCC(=O)OC[C@H](COP(=O)([O-])OCC[N+](C)(C)C)OC(=O)CCCCCCC/C=C\CC1OC1CCCCC. The maximum Gasteiger partial charge on any atom is 0.306 e. The summed E-state index contributed by atoms with van der Waals surface area (Å²) in [7, 11) is 1.12. The van der Waals surface area contributed by atoms with E-state index in [-0.39, 0.29) is 26.1 Å². The van der Waals surface area contributed by atoms with E-state index in [9.17, 15) is 19.0 Å². The van der Waals surface area contributed by atoms with Crippen LogP contribution in [0.2, 0.25) is 0 Å². The van der Waals surface area contributed by atoms with Gasteiger partial charge in [0.1, 0.15) is 19.8 Å². The van der Waals surface area contributed by atoms with Crippen molar-refractivity contribution < 1.29 is 46.8 Å². The summed E-state index contributed by atoms with van der Waals surface area (Å²) in [6.07, 6.45) is 38.8. The van der Waals surface area contributed by atoms with Crippen molar-refractivity contribution in [3.05, 3.63) is 48.6 Å². The summed E-state index contributed by atoms with van der Waals surface area (Å²) in [4.78, 5) is 37.5. The van der Waals surface area contributed by atoms with E-state index in [2.05, 4.69) is 62.5 Å². The molecular formula is C44H78NO9P. The lowest BCUT2D eigenvalue weighted by Gasteiger charge is -2.28. The van der Waals surface area contributed by atoms with Crippen LogP contribution in [0.15, 0.2) is 48.6 Å². The fraction of sp³-hybridized carbons (Fsp3) is 0.773. The fourth-order valence-electron chi connectivity index (χ4n) is 5.72. The van der Waals surface area contributed by atoms with Gasteiger partial charge in [-0.1, -0.05) is 114 Å². The van der Waals surface area contributed by atoms with E-state index in [1.807, 2.05) is 21.1 Å². The molecule has 3 unspecified atom stereocenters. The third kappa shape index (κ3) is 33.8. The first-order valence-corrected chi connectivity index (χ1v) is 22.9. The molecule has 1 saturated heterocycles. The van der Waals surface area contributed by atoms with Crippen molar-refractivity contribution in [2.24, 2.45) is 0 Å². The number of rotatable bonds is 37. The number of carbonyl (C=O) groups excluding carboxylic acids is 2. The number of ether oxygens (including phenoxy) is 3. The Balaban J connectivity index is 2.33. The van der Waals surface area contributed by atoms with Gasteiger partial charge in [-0.3, -0.25) is 14.2 Å². The molecule has 1 heterocycles. The first-order valence-electron chi connectivity index (χ1n) is 21.5. The maximum absolute atomic E-state index is 12.7. The molecule has 0 radical (unpaired) electrons. The van der Waals surface area contributed by atoms with Crippen LogP contribution in [0, 0.1) is 0 Å². The van der Waals surface area contributed by atoms with Crippen LogP contribution < -0.4 is 4.89 Å². The Hall–Kier alpha value is -2.07. The van der Waals surface area contributed by atoms with Gasteiger partial charge in [0.15, 0.2) is 6.10 Å². The van der Waals surface area contributed by atoms with Gasteiger partial charge in [-0.25, -0.2) is 0 Å². The summed E-state index contributed by atoms with van der Waals surface area (Å²) in [6, 6.07) is 0. The summed E-state index contributed by atoms with van der Waals surface area (Å²) < 4.78 is 39.6. The van der Waals surface area contributed by atoms with Crippen LogP contribution in [-0.4, -0.2) is 82.2 Å². The first-order chi connectivity index (χ1) is 26.5. The monoisotopic (exact) mass is 796 g/mol. The fourth-order valence-corrected chi connectivity index (χ4v) is 6.45. The standard InChI is InChI=1S/C44H78NO9P/c1-6-8-10-11-12-13-14-15-16-17-18-19-23-26-30-34-43(46)50-38-40(39-52-55(48,49)51-37-36-45(3,4)5)53-44(47)35-31-27-24-21-20-22-25-29-33-42-41(54-42)32-28-9-7-2/h12-13,15-16,18-19,25,29,40-42H,6-11,14,17,20-24,26-28,30-39H2,1-5H3/b13-12-,16-15-,19-18-,29-25-/t40-,41?,42?/m1/s1. The molecule has 0 amide bonds. The Labute approximate surface area is 335 Å². The number of nitrogens with zero attached hydrogens (tertiary/aromatic N) is 1. The maximum atomic E-state index is 12.7. The Morgan fingerprint density at radius 2 is 1.22 bits per heavy atom.